The van der Waals surface area contributed by atoms with Crippen LogP contribution in [0.15, 0.2) is 84.4 Å². The molecule has 2 heterocycles. The Labute approximate surface area is 270 Å². The predicted molar refractivity (Wildman–Crippen MR) is 168 cm³/mol. The Bertz CT molecular complexity index is 1860. The molecule has 3 aromatic rings. The Balaban J connectivity index is 1.47. The minimum absolute atomic E-state index is 0.0494. The van der Waals surface area contributed by atoms with Crippen molar-refractivity contribution in [2.45, 2.75) is 31.1 Å². The van der Waals surface area contributed by atoms with E-state index in [0.29, 0.717) is 27.3 Å². The number of fused-ring (bicyclic) bond motifs is 4. The number of amides is 5. The molecule has 240 valence electrons. The lowest BCUT2D eigenvalue weighted by Gasteiger charge is -2.50. The number of carbonyl (C=O) groups excluding carboxylic acids is 5. The molecular formula is C36H33N3O8. The number of allylic oxidation sites excluding steroid dienone is 2. The number of hydrogen-bond donors (Lipinski definition) is 2. The monoisotopic (exact) mass is 635 g/mol. The molecule has 7 rings (SSSR count). The molecular weight excluding hydrogens is 602 g/mol. The van der Waals surface area contributed by atoms with Crippen LogP contribution in [0.1, 0.15) is 35.4 Å². The summed E-state index contributed by atoms with van der Waals surface area (Å²) in [5.74, 6) is -6.86. The zero-order valence-electron chi connectivity index (χ0n) is 26.0. The molecule has 5 amide bonds. The number of nitrogens with one attached hydrogen (secondary N) is 1. The van der Waals surface area contributed by atoms with Gasteiger partial charge in [0.2, 0.25) is 11.8 Å². The lowest BCUT2D eigenvalue weighted by molar-refractivity contribution is -0.140. The summed E-state index contributed by atoms with van der Waals surface area (Å²) >= 11 is 0. The first kappa shape index (κ1) is 30.2. The maximum Gasteiger partial charge on any atom is 0.423 e. The molecule has 0 spiro atoms. The number of para-hydroxylation sites is 1. The maximum atomic E-state index is 15.1. The first-order chi connectivity index (χ1) is 22.6. The maximum absolute atomic E-state index is 15.1. The number of phenolic OH excluding ortho intramolecular Hbond substituents is 1. The average Bonchev–Trinajstić information content (AvgIpc) is 3.47. The molecule has 0 aromatic heterocycles. The lowest BCUT2D eigenvalue weighted by atomic mass is 9.49. The summed E-state index contributed by atoms with van der Waals surface area (Å²) < 4.78 is 10.2. The highest BCUT2D eigenvalue weighted by molar-refractivity contribution is 6.16. The molecule has 11 nitrogen and oxygen atoms in total. The van der Waals surface area contributed by atoms with Crippen molar-refractivity contribution in [3.63, 3.8) is 0 Å². The molecule has 3 aromatic carbocycles. The van der Waals surface area contributed by atoms with Crippen LogP contribution in [-0.4, -0.2) is 59.0 Å². The number of aryl methyl sites for hydroxylation is 1. The standard InChI is InChI=1S/C36H33N3O8/c1-19-12-14-21(15-13-19)37-39-32(42)26-18-25-22(16-17-23-28(25)33(43)38(31(23)41)35(45)47-3)29(24-10-7-11-27(46-2)30(24)40)36(26,34(39)44)20-8-5-4-6-9-20/h4-16,23,25-26,28-29,37,40H,17-18H2,1-3H3. The van der Waals surface area contributed by atoms with Gasteiger partial charge in [-0.05, 0) is 49.4 Å². The molecule has 2 aliphatic carbocycles. The number of carbonyl (C=O) groups is 5. The summed E-state index contributed by atoms with van der Waals surface area (Å²) in [7, 11) is 2.52. The molecule has 6 unspecified atom stereocenters. The molecule has 0 radical (unpaired) electrons. The van der Waals surface area contributed by atoms with Crippen molar-refractivity contribution >= 4 is 35.4 Å². The Hall–Kier alpha value is -5.45. The van der Waals surface area contributed by atoms with Crippen LogP contribution in [0.25, 0.3) is 0 Å². The van der Waals surface area contributed by atoms with Crippen molar-refractivity contribution in [1.82, 2.24) is 9.91 Å². The fourth-order valence-corrected chi connectivity index (χ4v) is 8.30. The highest BCUT2D eigenvalue weighted by atomic mass is 16.5. The largest absolute Gasteiger partial charge is 0.504 e. The van der Waals surface area contributed by atoms with Gasteiger partial charge in [0, 0.05) is 11.5 Å². The van der Waals surface area contributed by atoms with E-state index in [1.807, 2.05) is 31.2 Å². The number of aromatic hydroxyl groups is 1. The summed E-state index contributed by atoms with van der Waals surface area (Å²) in [4.78, 5) is 70.1. The number of benzene rings is 3. The predicted octanol–water partition coefficient (Wildman–Crippen LogP) is 4.46. The van der Waals surface area contributed by atoms with Crippen LogP contribution in [-0.2, 0) is 29.3 Å². The van der Waals surface area contributed by atoms with Gasteiger partial charge in [0.05, 0.1) is 43.1 Å². The second-order valence-corrected chi connectivity index (χ2v) is 12.5. The van der Waals surface area contributed by atoms with Crippen molar-refractivity contribution < 1.29 is 38.6 Å². The third-order valence-corrected chi connectivity index (χ3v) is 10.3. The van der Waals surface area contributed by atoms with Gasteiger partial charge in [-0.3, -0.25) is 24.6 Å². The van der Waals surface area contributed by atoms with E-state index in [0.717, 1.165) is 17.7 Å². The number of nitrogens with zero attached hydrogens (tertiary/aromatic N) is 2. The van der Waals surface area contributed by atoms with Gasteiger partial charge in [0.1, 0.15) is 0 Å². The highest BCUT2D eigenvalue weighted by Crippen LogP contribution is 2.65. The van der Waals surface area contributed by atoms with E-state index in [4.69, 9.17) is 9.47 Å². The lowest BCUT2D eigenvalue weighted by Crippen LogP contribution is -2.53. The van der Waals surface area contributed by atoms with E-state index >= 15 is 4.79 Å². The molecule has 4 aliphatic rings. The first-order valence-corrected chi connectivity index (χ1v) is 15.4. The van der Waals surface area contributed by atoms with E-state index in [1.54, 1.807) is 54.6 Å². The molecule has 47 heavy (non-hydrogen) atoms. The van der Waals surface area contributed by atoms with E-state index in [2.05, 4.69) is 5.43 Å². The summed E-state index contributed by atoms with van der Waals surface area (Å²) in [6, 6.07) is 21.3. The van der Waals surface area contributed by atoms with Crippen LogP contribution in [0.4, 0.5) is 10.5 Å². The van der Waals surface area contributed by atoms with Gasteiger partial charge in [-0.25, -0.2) is 4.79 Å². The Morgan fingerprint density at radius 1 is 0.894 bits per heavy atom. The summed E-state index contributed by atoms with van der Waals surface area (Å²) in [5.41, 5.74) is 4.56. The fraction of sp³-hybridized carbons (Fsp3) is 0.306. The van der Waals surface area contributed by atoms with Gasteiger partial charge in [-0.1, -0.05) is 71.8 Å². The summed E-state index contributed by atoms with van der Waals surface area (Å²) in [5, 5.41) is 12.7. The molecule has 11 heteroatoms. The molecule has 3 fully saturated rings. The van der Waals surface area contributed by atoms with E-state index in [9.17, 15) is 24.3 Å². The number of imide groups is 4. The topological polar surface area (TPSA) is 143 Å². The van der Waals surface area contributed by atoms with E-state index in [1.165, 1.54) is 7.11 Å². The van der Waals surface area contributed by atoms with Gasteiger partial charge in [0.15, 0.2) is 11.5 Å². The van der Waals surface area contributed by atoms with Crippen LogP contribution in [0.5, 0.6) is 11.5 Å². The second-order valence-electron chi connectivity index (χ2n) is 12.5. The van der Waals surface area contributed by atoms with Crippen molar-refractivity contribution in [3.8, 4) is 11.5 Å². The molecule has 1 saturated carbocycles. The fourth-order valence-electron chi connectivity index (χ4n) is 8.30. The van der Waals surface area contributed by atoms with Gasteiger partial charge < -0.3 is 14.6 Å². The van der Waals surface area contributed by atoms with Crippen molar-refractivity contribution in [3.05, 3.63) is 101 Å². The Morgan fingerprint density at radius 3 is 2.30 bits per heavy atom. The van der Waals surface area contributed by atoms with Crippen LogP contribution in [0.3, 0.4) is 0 Å². The second kappa shape index (κ2) is 11.1. The average molecular weight is 636 g/mol. The van der Waals surface area contributed by atoms with Gasteiger partial charge in [-0.2, -0.15) is 9.91 Å². The van der Waals surface area contributed by atoms with Crippen molar-refractivity contribution in [2.24, 2.45) is 23.7 Å². The number of ether oxygens (including phenoxy) is 2. The normalized spacial score (nSPS) is 28.0. The first-order valence-electron chi connectivity index (χ1n) is 15.4. The smallest absolute Gasteiger partial charge is 0.423 e. The number of hydrazine groups is 1. The number of hydrogen-bond acceptors (Lipinski definition) is 9. The number of rotatable bonds is 5. The van der Waals surface area contributed by atoms with Crippen LogP contribution in [0, 0.1) is 30.6 Å². The van der Waals surface area contributed by atoms with Gasteiger partial charge in [-0.15, -0.1) is 0 Å². The van der Waals surface area contributed by atoms with E-state index in [-0.39, 0.29) is 24.3 Å². The Morgan fingerprint density at radius 2 is 1.62 bits per heavy atom. The van der Waals surface area contributed by atoms with Crippen LogP contribution >= 0.6 is 0 Å². The number of anilines is 1. The third-order valence-electron chi connectivity index (χ3n) is 10.3. The molecule has 2 aliphatic heterocycles. The van der Waals surface area contributed by atoms with Crippen molar-refractivity contribution in [2.75, 3.05) is 19.6 Å². The van der Waals surface area contributed by atoms with Crippen LogP contribution in [0.2, 0.25) is 0 Å². The molecule has 6 atom stereocenters. The highest BCUT2D eigenvalue weighted by Gasteiger charge is 2.71. The third kappa shape index (κ3) is 4.22. The van der Waals surface area contributed by atoms with Crippen LogP contribution < -0.4 is 10.2 Å². The minimum Gasteiger partial charge on any atom is -0.504 e. The number of likely N-dealkylation sites (tertiary alicyclic amines) is 1. The zero-order valence-corrected chi connectivity index (χ0v) is 26.0. The minimum atomic E-state index is -1.55. The Kier molecular flexibility index (Phi) is 7.14. The zero-order chi connectivity index (χ0) is 33.2. The molecule has 2 N–H and O–H groups in total. The van der Waals surface area contributed by atoms with Gasteiger partial charge >= 0.3 is 6.09 Å². The SMILES string of the molecule is COC(=O)N1C(=O)C2CC=C3C(CC4C(=O)N(Nc5ccc(C)cc5)C(=O)C4(c4ccccc4)C3c3cccc(OC)c3O)C2C1=O. The molecule has 0 bridgehead atoms. The van der Waals surface area contributed by atoms with Gasteiger partial charge in [0.25, 0.3) is 11.8 Å². The summed E-state index contributed by atoms with van der Waals surface area (Å²) in [6.45, 7) is 1.93. The quantitative estimate of drug-likeness (QED) is 0.307. The van der Waals surface area contributed by atoms with E-state index < -0.39 is 64.7 Å². The number of methoxy groups -OCH3 is 2. The molecule has 2 saturated heterocycles. The van der Waals surface area contributed by atoms with Crippen molar-refractivity contribution in [1.29, 1.82) is 0 Å². The number of phenols is 1. The summed E-state index contributed by atoms with van der Waals surface area (Å²) in [6.07, 6.45) is 0.955.